The second kappa shape index (κ2) is 4.12. The maximum absolute atomic E-state index is 12.8. The van der Waals surface area contributed by atoms with Crippen molar-refractivity contribution in [1.82, 2.24) is 0 Å². The predicted octanol–water partition coefficient (Wildman–Crippen LogP) is -0.208. The van der Waals surface area contributed by atoms with Crippen LogP contribution in [0.1, 0.15) is 0 Å². The average Bonchev–Trinajstić information content (AvgIpc) is 2.23. The predicted molar refractivity (Wildman–Crippen MR) is 46.5 cm³/mol. The number of halogens is 2. The fourth-order valence-corrected chi connectivity index (χ4v) is 1.04. The van der Waals surface area contributed by atoms with Gasteiger partial charge >= 0.3 is 22.5 Å². The average molecular weight is 194 g/mol. The molecule has 3 nitrogen and oxygen atoms in total. The number of benzene rings is 1. The van der Waals surface area contributed by atoms with Crippen molar-refractivity contribution in [2.45, 2.75) is 0 Å². The molecule has 0 atom stereocenters. The maximum atomic E-state index is 12.8. The van der Waals surface area contributed by atoms with E-state index in [1.807, 2.05) is 0 Å². The highest BCUT2D eigenvalue weighted by Gasteiger charge is 2.27. The van der Waals surface area contributed by atoms with Crippen molar-refractivity contribution >= 4 is 28.0 Å². The molecule has 8 heteroatoms. The summed E-state index contributed by atoms with van der Waals surface area (Å²) in [4.78, 5) is 0. The van der Waals surface area contributed by atoms with Crippen LogP contribution in [-0.4, -0.2) is 22.5 Å². The van der Waals surface area contributed by atoms with Gasteiger partial charge in [0, 0.05) is 0 Å². The molecule has 0 amide bonds. The third-order valence-electron chi connectivity index (χ3n) is 1.69. The van der Waals surface area contributed by atoms with Gasteiger partial charge in [-0.15, -0.1) is 0 Å². The van der Waals surface area contributed by atoms with Gasteiger partial charge in [-0.05, 0) is 17.6 Å². The molecule has 1 aromatic rings. The molecule has 0 aromatic heterocycles. The Morgan fingerprint density at radius 1 is 1.07 bits per heavy atom. The monoisotopic (exact) mass is 194 g/mol. The van der Waals surface area contributed by atoms with Crippen molar-refractivity contribution < 1.29 is 22.5 Å². The molecule has 0 spiro atoms. The van der Waals surface area contributed by atoms with Gasteiger partial charge < -0.3 is 13.7 Å². The van der Waals surface area contributed by atoms with Gasteiger partial charge in [0.1, 0.15) is 0 Å². The zero-order valence-corrected chi connectivity index (χ0v) is 6.94. The number of hydrogen-bond acceptors (Lipinski definition) is 3. The molecule has 1 aliphatic rings. The minimum atomic E-state index is -0.943. The van der Waals surface area contributed by atoms with Gasteiger partial charge in [0.25, 0.3) is 0 Å². The number of rotatable bonds is 1. The van der Waals surface area contributed by atoms with E-state index < -0.39 is 18.8 Å². The van der Waals surface area contributed by atoms with E-state index in [4.69, 9.17) is 9.14 Å². The third kappa shape index (κ3) is 1.97. The Bertz CT molecular complexity index is 332. The summed E-state index contributed by atoms with van der Waals surface area (Å²) in [5, 5.41) is 0. The van der Waals surface area contributed by atoms with Crippen molar-refractivity contribution in [2.75, 3.05) is 0 Å². The number of hydrogen-bond donors (Lipinski definition) is 0. The molecule has 1 fully saturated rings. The highest BCUT2D eigenvalue weighted by Crippen LogP contribution is 2.04. The SMILES string of the molecule is Fc1ccc(B2O[B]O[B]O2)cc1F. The van der Waals surface area contributed by atoms with Crippen LogP contribution in [0.15, 0.2) is 18.2 Å². The lowest BCUT2D eigenvalue weighted by Crippen LogP contribution is -2.44. The molecule has 14 heavy (non-hydrogen) atoms. The summed E-state index contributed by atoms with van der Waals surface area (Å²) in [5.74, 6) is -1.85. The van der Waals surface area contributed by atoms with Crippen LogP contribution in [-0.2, 0) is 13.7 Å². The van der Waals surface area contributed by atoms with Crippen LogP contribution in [0.2, 0.25) is 0 Å². The third-order valence-corrected chi connectivity index (χ3v) is 1.69. The van der Waals surface area contributed by atoms with Gasteiger partial charge in [-0.3, -0.25) is 0 Å². The zero-order chi connectivity index (χ0) is 9.97. The topological polar surface area (TPSA) is 27.7 Å². The van der Waals surface area contributed by atoms with Crippen LogP contribution in [0.25, 0.3) is 0 Å². The summed E-state index contributed by atoms with van der Waals surface area (Å²) in [6.07, 6.45) is 0. The maximum Gasteiger partial charge on any atom is 0.465 e. The van der Waals surface area contributed by atoms with Crippen LogP contribution < -0.4 is 5.46 Å². The minimum Gasteiger partial charge on any atom is -0.457 e. The first-order valence-corrected chi connectivity index (χ1v) is 3.82. The van der Waals surface area contributed by atoms with Gasteiger partial charge in [0.15, 0.2) is 11.6 Å². The van der Waals surface area contributed by atoms with Crippen molar-refractivity contribution in [2.24, 2.45) is 0 Å². The first-order chi connectivity index (χ1) is 6.77. The fraction of sp³-hybridized carbons (Fsp3) is 0. The molecular formula is C6H3B3F2O3. The van der Waals surface area contributed by atoms with E-state index in [1.54, 1.807) is 0 Å². The fourth-order valence-electron chi connectivity index (χ4n) is 1.04. The van der Waals surface area contributed by atoms with E-state index >= 15 is 0 Å². The van der Waals surface area contributed by atoms with Crippen molar-refractivity contribution in [1.29, 1.82) is 0 Å². The van der Waals surface area contributed by atoms with Crippen LogP contribution in [0, 0.1) is 11.6 Å². The second-order valence-corrected chi connectivity index (χ2v) is 2.61. The molecule has 2 radical (unpaired) electrons. The van der Waals surface area contributed by atoms with E-state index in [0.29, 0.717) is 5.46 Å². The molecule has 68 valence electrons. The van der Waals surface area contributed by atoms with E-state index in [-0.39, 0.29) is 0 Å². The lowest BCUT2D eigenvalue weighted by molar-refractivity contribution is 0.333. The van der Waals surface area contributed by atoms with Crippen molar-refractivity contribution in [3.05, 3.63) is 29.8 Å². The minimum absolute atomic E-state index is 0.375. The summed E-state index contributed by atoms with van der Waals surface area (Å²) in [7, 11) is 1.31. The highest BCUT2D eigenvalue weighted by molar-refractivity contribution is 6.71. The van der Waals surface area contributed by atoms with Crippen LogP contribution in [0.5, 0.6) is 0 Å². The van der Waals surface area contributed by atoms with E-state index in [2.05, 4.69) is 4.57 Å². The summed E-state index contributed by atoms with van der Waals surface area (Å²) >= 11 is 0. The molecule has 1 aromatic carbocycles. The summed E-state index contributed by atoms with van der Waals surface area (Å²) in [5.41, 5.74) is 0.375. The van der Waals surface area contributed by atoms with Gasteiger partial charge in [0.05, 0.1) is 0 Å². The van der Waals surface area contributed by atoms with Gasteiger partial charge in [0.2, 0.25) is 0 Å². The van der Waals surface area contributed by atoms with Crippen LogP contribution in [0.4, 0.5) is 8.78 Å². The molecule has 0 saturated carbocycles. The van der Waals surface area contributed by atoms with E-state index in [1.165, 1.54) is 6.07 Å². The Kier molecular flexibility index (Phi) is 2.86. The quantitative estimate of drug-likeness (QED) is 0.578. The molecule has 0 N–H and O–H groups in total. The lowest BCUT2D eigenvalue weighted by atomic mass is 9.75. The second-order valence-electron chi connectivity index (χ2n) is 2.61. The Morgan fingerprint density at radius 3 is 2.43 bits per heavy atom. The van der Waals surface area contributed by atoms with Crippen molar-refractivity contribution in [3.8, 4) is 0 Å². The molecule has 1 aliphatic heterocycles. The van der Waals surface area contributed by atoms with Gasteiger partial charge in [-0.25, -0.2) is 8.78 Å². The lowest BCUT2D eigenvalue weighted by Gasteiger charge is -2.18. The highest BCUT2D eigenvalue weighted by atomic mass is 19.2. The van der Waals surface area contributed by atoms with E-state index in [9.17, 15) is 8.78 Å². The molecular weight excluding hydrogens is 190 g/mol. The van der Waals surface area contributed by atoms with Crippen molar-refractivity contribution in [3.63, 3.8) is 0 Å². The van der Waals surface area contributed by atoms with Crippen LogP contribution >= 0.6 is 0 Å². The Labute approximate surface area is 81.1 Å². The Balaban J connectivity index is 2.18. The van der Waals surface area contributed by atoms with E-state index in [0.717, 1.165) is 27.5 Å². The van der Waals surface area contributed by atoms with Gasteiger partial charge in [-0.1, -0.05) is 6.07 Å². The molecule has 1 heterocycles. The van der Waals surface area contributed by atoms with Crippen LogP contribution in [0.3, 0.4) is 0 Å². The largest absolute Gasteiger partial charge is 0.465 e. The Morgan fingerprint density at radius 2 is 1.79 bits per heavy atom. The first kappa shape index (κ1) is 9.70. The first-order valence-electron chi connectivity index (χ1n) is 3.82. The molecule has 1 saturated heterocycles. The zero-order valence-electron chi connectivity index (χ0n) is 6.94. The summed E-state index contributed by atoms with van der Waals surface area (Å²) in [6, 6.07) is 3.38. The smallest absolute Gasteiger partial charge is 0.457 e. The van der Waals surface area contributed by atoms with Gasteiger partial charge in [-0.2, -0.15) is 0 Å². The molecule has 0 bridgehead atoms. The molecule has 0 unspecified atom stereocenters. The summed E-state index contributed by atoms with van der Waals surface area (Å²) in [6.45, 7) is 0. The summed E-state index contributed by atoms with van der Waals surface area (Å²) < 4.78 is 39.6. The molecule has 0 aliphatic carbocycles. The normalized spacial score (nSPS) is 16.0. The standard InChI is InChI=1S/C6H3B3F2O3/c10-5-2-1-4(3-6(5)11)9-13-7-12-8-14-9/h1-3H. The molecule has 2 rings (SSSR count). The Hall–Kier alpha value is -0.845.